The van der Waals surface area contributed by atoms with Gasteiger partial charge in [-0.15, -0.1) is 10.2 Å². The average Bonchev–Trinajstić information content (AvgIpc) is 3.38. The number of piperazine rings is 1. The molecule has 32 heavy (non-hydrogen) atoms. The molecule has 3 amide bonds. The van der Waals surface area contributed by atoms with Crippen LogP contribution in [0, 0.1) is 0 Å². The van der Waals surface area contributed by atoms with E-state index in [1.807, 2.05) is 30.3 Å². The molecule has 0 radical (unpaired) electrons. The van der Waals surface area contributed by atoms with E-state index in [1.165, 1.54) is 0 Å². The smallest absolute Gasteiger partial charge is 0.359 e. The predicted octanol–water partition coefficient (Wildman–Crippen LogP) is 1.61. The average molecular weight is 438 g/mol. The topological polar surface area (TPSA) is 108 Å². The van der Waals surface area contributed by atoms with Crippen molar-refractivity contribution < 1.29 is 19.1 Å². The van der Waals surface area contributed by atoms with Gasteiger partial charge in [-0.2, -0.15) is 0 Å². The van der Waals surface area contributed by atoms with Crippen LogP contribution in [0.5, 0.6) is 0 Å². The number of hydrogen-bond acceptors (Lipinski definition) is 7. The highest BCUT2D eigenvalue weighted by atomic mass is 16.5. The van der Waals surface area contributed by atoms with Crippen molar-refractivity contribution in [2.75, 3.05) is 56.1 Å². The third-order valence-corrected chi connectivity index (χ3v) is 5.56. The van der Waals surface area contributed by atoms with Crippen LogP contribution in [0.15, 0.2) is 42.5 Å². The Morgan fingerprint density at radius 1 is 0.844 bits per heavy atom. The van der Waals surface area contributed by atoms with Gasteiger partial charge in [0.25, 0.3) is 5.91 Å². The van der Waals surface area contributed by atoms with E-state index in [4.69, 9.17) is 4.74 Å². The van der Waals surface area contributed by atoms with E-state index in [0.29, 0.717) is 26.2 Å². The van der Waals surface area contributed by atoms with Crippen LogP contribution in [0.3, 0.4) is 0 Å². The van der Waals surface area contributed by atoms with Gasteiger partial charge in [-0.3, -0.25) is 4.79 Å². The molecule has 0 bridgehead atoms. The van der Waals surface area contributed by atoms with E-state index in [-0.39, 0.29) is 24.2 Å². The number of urea groups is 1. The van der Waals surface area contributed by atoms with Crippen LogP contribution in [0.2, 0.25) is 0 Å². The molecule has 0 unspecified atom stereocenters. The van der Waals surface area contributed by atoms with Gasteiger partial charge in [0.05, 0.1) is 0 Å². The van der Waals surface area contributed by atoms with E-state index < -0.39 is 5.97 Å². The van der Waals surface area contributed by atoms with Crippen molar-refractivity contribution in [2.24, 2.45) is 0 Å². The number of amides is 3. The van der Waals surface area contributed by atoms with Crippen LogP contribution in [-0.4, -0.2) is 83.8 Å². The molecule has 2 saturated heterocycles. The Morgan fingerprint density at radius 3 is 2.19 bits per heavy atom. The number of nitrogens with zero attached hydrogens (tertiary/aromatic N) is 5. The SMILES string of the molecule is O=C(OCC(=O)N1CCN(C(=O)Nc2ccccc2)CC1)c1ccc(N2CCCC2)nn1. The minimum absolute atomic E-state index is 0.0724. The first-order valence-electron chi connectivity index (χ1n) is 10.7. The van der Waals surface area contributed by atoms with E-state index >= 15 is 0 Å². The second-order valence-corrected chi connectivity index (χ2v) is 7.71. The standard InChI is InChI=1S/C22H26N6O4/c29-20(16-32-21(30)18-8-9-19(25-24-18)26-10-4-5-11-26)27-12-14-28(15-13-27)22(31)23-17-6-2-1-3-7-17/h1-3,6-9H,4-5,10-16H2,(H,23,31). The molecule has 1 aromatic heterocycles. The number of para-hydroxylation sites is 1. The van der Waals surface area contributed by atoms with E-state index in [0.717, 1.165) is 37.4 Å². The van der Waals surface area contributed by atoms with E-state index in [9.17, 15) is 14.4 Å². The molecule has 0 atom stereocenters. The maximum Gasteiger partial charge on any atom is 0.359 e. The maximum absolute atomic E-state index is 12.4. The molecular formula is C22H26N6O4. The third-order valence-electron chi connectivity index (χ3n) is 5.56. The van der Waals surface area contributed by atoms with Gasteiger partial charge >= 0.3 is 12.0 Å². The fraction of sp³-hybridized carbons (Fsp3) is 0.409. The Bertz CT molecular complexity index is 939. The van der Waals surface area contributed by atoms with Crippen LogP contribution in [-0.2, 0) is 9.53 Å². The zero-order chi connectivity index (χ0) is 22.3. The monoisotopic (exact) mass is 438 g/mol. The van der Waals surface area contributed by atoms with Crippen molar-refractivity contribution >= 4 is 29.4 Å². The lowest BCUT2D eigenvalue weighted by Gasteiger charge is -2.34. The quantitative estimate of drug-likeness (QED) is 0.707. The number of carbonyl (C=O) groups is 3. The van der Waals surface area contributed by atoms with Crippen molar-refractivity contribution in [2.45, 2.75) is 12.8 Å². The summed E-state index contributed by atoms with van der Waals surface area (Å²) in [5.74, 6) is -0.243. The highest BCUT2D eigenvalue weighted by Crippen LogP contribution is 2.16. The van der Waals surface area contributed by atoms with Gasteiger partial charge in [0.1, 0.15) is 0 Å². The predicted molar refractivity (Wildman–Crippen MR) is 117 cm³/mol. The van der Waals surface area contributed by atoms with Gasteiger partial charge in [0.15, 0.2) is 18.1 Å². The van der Waals surface area contributed by atoms with Crippen molar-refractivity contribution in [3.8, 4) is 0 Å². The van der Waals surface area contributed by atoms with Gasteiger partial charge in [-0.1, -0.05) is 18.2 Å². The summed E-state index contributed by atoms with van der Waals surface area (Å²) in [7, 11) is 0. The fourth-order valence-electron chi connectivity index (χ4n) is 3.72. The first kappa shape index (κ1) is 21.5. The molecule has 168 valence electrons. The summed E-state index contributed by atoms with van der Waals surface area (Å²) >= 11 is 0. The Hall–Kier alpha value is -3.69. The number of esters is 1. The zero-order valence-electron chi connectivity index (χ0n) is 17.8. The molecule has 0 spiro atoms. The summed E-state index contributed by atoms with van der Waals surface area (Å²) in [5.41, 5.74) is 0.794. The number of hydrogen-bond donors (Lipinski definition) is 1. The zero-order valence-corrected chi connectivity index (χ0v) is 17.8. The van der Waals surface area contributed by atoms with Gasteiger partial charge in [0.2, 0.25) is 0 Å². The molecule has 1 N–H and O–H groups in total. The minimum atomic E-state index is -0.681. The number of anilines is 2. The van der Waals surface area contributed by atoms with Gasteiger partial charge in [-0.25, -0.2) is 9.59 Å². The van der Waals surface area contributed by atoms with Gasteiger partial charge in [0, 0.05) is 45.0 Å². The van der Waals surface area contributed by atoms with Crippen LogP contribution in [0.1, 0.15) is 23.3 Å². The lowest BCUT2D eigenvalue weighted by atomic mass is 10.3. The number of carbonyl (C=O) groups excluding carboxylic acids is 3. The molecule has 2 aliphatic rings. The summed E-state index contributed by atoms with van der Waals surface area (Å²) < 4.78 is 5.12. The Labute approximate surface area is 186 Å². The van der Waals surface area contributed by atoms with Crippen LogP contribution in [0.25, 0.3) is 0 Å². The first-order chi connectivity index (χ1) is 15.6. The molecule has 2 aromatic rings. The largest absolute Gasteiger partial charge is 0.451 e. The lowest BCUT2D eigenvalue weighted by Crippen LogP contribution is -2.52. The van der Waals surface area contributed by atoms with E-state index in [1.54, 1.807) is 21.9 Å². The number of nitrogens with one attached hydrogen (secondary N) is 1. The maximum atomic E-state index is 12.4. The van der Waals surface area contributed by atoms with Crippen molar-refractivity contribution in [1.82, 2.24) is 20.0 Å². The highest BCUT2D eigenvalue weighted by Gasteiger charge is 2.25. The normalized spacial score (nSPS) is 16.1. The Kier molecular flexibility index (Phi) is 6.78. The van der Waals surface area contributed by atoms with Crippen molar-refractivity contribution in [3.63, 3.8) is 0 Å². The molecule has 0 saturated carbocycles. The molecular weight excluding hydrogens is 412 g/mol. The number of ether oxygens (including phenoxy) is 1. The second kappa shape index (κ2) is 10.1. The van der Waals surface area contributed by atoms with Crippen LogP contribution < -0.4 is 10.2 Å². The molecule has 2 aliphatic heterocycles. The van der Waals surface area contributed by atoms with Gasteiger partial charge < -0.3 is 24.8 Å². The lowest BCUT2D eigenvalue weighted by molar-refractivity contribution is -0.135. The summed E-state index contributed by atoms with van der Waals surface area (Å²) in [6.07, 6.45) is 2.25. The van der Waals surface area contributed by atoms with E-state index in [2.05, 4.69) is 20.4 Å². The van der Waals surface area contributed by atoms with Crippen LogP contribution in [0.4, 0.5) is 16.3 Å². The molecule has 3 heterocycles. The number of benzene rings is 1. The van der Waals surface area contributed by atoms with Crippen molar-refractivity contribution in [3.05, 3.63) is 48.2 Å². The molecule has 10 heteroatoms. The number of aromatic nitrogens is 2. The third kappa shape index (κ3) is 5.32. The van der Waals surface area contributed by atoms with Crippen molar-refractivity contribution in [1.29, 1.82) is 0 Å². The fourth-order valence-corrected chi connectivity index (χ4v) is 3.72. The molecule has 10 nitrogen and oxygen atoms in total. The molecule has 0 aliphatic carbocycles. The minimum Gasteiger partial charge on any atom is -0.451 e. The molecule has 1 aromatic carbocycles. The first-order valence-corrected chi connectivity index (χ1v) is 10.7. The molecule has 2 fully saturated rings. The Balaban J connectivity index is 1.20. The van der Waals surface area contributed by atoms with Crippen LogP contribution >= 0.6 is 0 Å². The molecule has 4 rings (SSSR count). The second-order valence-electron chi connectivity index (χ2n) is 7.71. The van der Waals surface area contributed by atoms with Gasteiger partial charge in [-0.05, 0) is 37.1 Å². The summed E-state index contributed by atoms with van der Waals surface area (Å²) in [5, 5.41) is 10.9. The summed E-state index contributed by atoms with van der Waals surface area (Å²) in [6.45, 7) is 3.07. The number of rotatable bonds is 5. The Morgan fingerprint density at radius 2 is 1.53 bits per heavy atom. The highest BCUT2D eigenvalue weighted by molar-refractivity contribution is 5.90. The summed E-state index contributed by atoms with van der Waals surface area (Å²) in [4.78, 5) is 42.3. The summed E-state index contributed by atoms with van der Waals surface area (Å²) in [6, 6.07) is 12.3.